The van der Waals surface area contributed by atoms with Crippen molar-refractivity contribution < 1.29 is 0 Å². The van der Waals surface area contributed by atoms with Gasteiger partial charge in [0.05, 0.1) is 0 Å². The highest BCUT2D eigenvalue weighted by Gasteiger charge is 1.93. The van der Waals surface area contributed by atoms with Crippen molar-refractivity contribution in [2.75, 3.05) is 11.9 Å². The number of rotatable bonds is 2. The zero-order valence-electron chi connectivity index (χ0n) is 5.97. The summed E-state index contributed by atoms with van der Waals surface area (Å²) >= 11 is 0. The van der Waals surface area contributed by atoms with Crippen LogP contribution in [0.5, 0.6) is 0 Å². The minimum atomic E-state index is -0.648. The summed E-state index contributed by atoms with van der Waals surface area (Å²) < 4.78 is 0. The maximum absolute atomic E-state index is 10.6. The van der Waals surface area contributed by atoms with Gasteiger partial charge >= 0.3 is 11.4 Å². The molecule has 0 saturated heterocycles. The molecule has 0 fully saturated rings. The summed E-state index contributed by atoms with van der Waals surface area (Å²) in [5.74, 6) is 0.196. The van der Waals surface area contributed by atoms with Gasteiger partial charge in [-0.25, -0.2) is 9.59 Å². The van der Waals surface area contributed by atoms with Crippen molar-refractivity contribution >= 4 is 5.95 Å². The molecule has 6 heteroatoms. The molecule has 0 atom stereocenters. The Morgan fingerprint density at radius 3 is 2.73 bits per heavy atom. The second-order valence-corrected chi connectivity index (χ2v) is 1.88. The average Bonchev–Trinajstić information content (AvgIpc) is 1.85. The van der Waals surface area contributed by atoms with Crippen LogP contribution in [0.15, 0.2) is 9.59 Å². The largest absolute Gasteiger partial charge is 0.356 e. The molecule has 0 aliphatic heterocycles. The monoisotopic (exact) mass is 156 g/mol. The van der Waals surface area contributed by atoms with E-state index in [1.165, 1.54) is 0 Å². The lowest BCUT2D eigenvalue weighted by Gasteiger charge is -1.97. The highest BCUT2D eigenvalue weighted by molar-refractivity contribution is 5.19. The molecule has 1 heterocycles. The molecule has 11 heavy (non-hydrogen) atoms. The third kappa shape index (κ3) is 1.92. The Kier molecular flexibility index (Phi) is 2.05. The van der Waals surface area contributed by atoms with Crippen molar-refractivity contribution in [1.82, 2.24) is 15.0 Å². The lowest BCUT2D eigenvalue weighted by molar-refractivity contribution is 0.925. The van der Waals surface area contributed by atoms with Crippen molar-refractivity contribution in [3.8, 4) is 0 Å². The standard InChI is InChI=1S/C5H8N4O2/c1-2-6-3-7-4(10)9-5(11)8-3/h2H2,1H3,(H3,6,7,8,9,10,11). The Hall–Kier alpha value is -1.59. The molecule has 3 N–H and O–H groups in total. The van der Waals surface area contributed by atoms with E-state index < -0.39 is 11.4 Å². The molecule has 0 bridgehead atoms. The van der Waals surface area contributed by atoms with Crippen LogP contribution in [0.4, 0.5) is 5.95 Å². The first-order chi connectivity index (χ1) is 5.22. The molecule has 1 aromatic rings. The van der Waals surface area contributed by atoms with Gasteiger partial charge in [-0.15, -0.1) is 0 Å². The number of nitrogens with zero attached hydrogens (tertiary/aromatic N) is 1. The van der Waals surface area contributed by atoms with Gasteiger partial charge in [0.25, 0.3) is 0 Å². The van der Waals surface area contributed by atoms with E-state index >= 15 is 0 Å². The average molecular weight is 156 g/mol. The Balaban J connectivity index is 3.09. The SMILES string of the molecule is CCNc1nc(=O)[nH]c(=O)[nH]1. The first kappa shape index (κ1) is 7.52. The second kappa shape index (κ2) is 3.00. The van der Waals surface area contributed by atoms with Crippen LogP contribution < -0.4 is 16.7 Å². The molecule has 1 aromatic heterocycles. The van der Waals surface area contributed by atoms with E-state index in [1.807, 2.05) is 11.9 Å². The Morgan fingerprint density at radius 2 is 2.18 bits per heavy atom. The van der Waals surface area contributed by atoms with Gasteiger partial charge in [-0.1, -0.05) is 0 Å². The van der Waals surface area contributed by atoms with Gasteiger partial charge in [0, 0.05) is 6.54 Å². The van der Waals surface area contributed by atoms with E-state index in [9.17, 15) is 9.59 Å². The minimum Gasteiger partial charge on any atom is -0.356 e. The first-order valence-corrected chi connectivity index (χ1v) is 3.17. The van der Waals surface area contributed by atoms with Gasteiger partial charge in [0.1, 0.15) is 0 Å². The molecule has 0 aromatic carbocycles. The Labute approximate surface area is 61.7 Å². The van der Waals surface area contributed by atoms with Crippen molar-refractivity contribution in [1.29, 1.82) is 0 Å². The predicted molar refractivity (Wildman–Crippen MR) is 39.6 cm³/mol. The quantitative estimate of drug-likeness (QED) is 0.506. The number of hydrogen-bond donors (Lipinski definition) is 3. The predicted octanol–water partition coefficient (Wildman–Crippen LogP) is -1.11. The molecule has 0 amide bonds. The smallest absolute Gasteiger partial charge is 0.352 e. The van der Waals surface area contributed by atoms with E-state index in [0.717, 1.165) is 0 Å². The highest BCUT2D eigenvalue weighted by atomic mass is 16.2. The summed E-state index contributed by atoms with van der Waals surface area (Å²) in [5, 5.41) is 2.70. The summed E-state index contributed by atoms with van der Waals surface area (Å²) in [4.78, 5) is 28.9. The lowest BCUT2D eigenvalue weighted by Crippen LogP contribution is -2.26. The molecular formula is C5H8N4O2. The van der Waals surface area contributed by atoms with E-state index in [0.29, 0.717) is 6.54 Å². The Bertz CT molecular complexity index is 311. The van der Waals surface area contributed by atoms with E-state index in [-0.39, 0.29) is 5.95 Å². The normalized spacial score (nSPS) is 9.55. The Morgan fingerprint density at radius 1 is 1.45 bits per heavy atom. The van der Waals surface area contributed by atoms with Crippen LogP contribution >= 0.6 is 0 Å². The van der Waals surface area contributed by atoms with Crippen LogP contribution in [-0.2, 0) is 0 Å². The van der Waals surface area contributed by atoms with Crippen LogP contribution in [0.25, 0.3) is 0 Å². The summed E-state index contributed by atoms with van der Waals surface area (Å²) in [6.07, 6.45) is 0. The topological polar surface area (TPSA) is 90.6 Å². The van der Waals surface area contributed by atoms with Gasteiger partial charge in [0.2, 0.25) is 5.95 Å². The fourth-order valence-electron chi connectivity index (χ4n) is 0.645. The van der Waals surface area contributed by atoms with Gasteiger partial charge < -0.3 is 5.32 Å². The zero-order valence-corrected chi connectivity index (χ0v) is 5.97. The maximum Gasteiger partial charge on any atom is 0.352 e. The van der Waals surface area contributed by atoms with Crippen LogP contribution in [0.2, 0.25) is 0 Å². The third-order valence-electron chi connectivity index (χ3n) is 1.01. The molecule has 0 spiro atoms. The molecule has 0 saturated carbocycles. The highest BCUT2D eigenvalue weighted by Crippen LogP contribution is 1.83. The number of anilines is 1. The number of nitrogens with one attached hydrogen (secondary N) is 3. The van der Waals surface area contributed by atoms with Crippen LogP contribution in [0.1, 0.15) is 6.92 Å². The number of aromatic nitrogens is 3. The van der Waals surface area contributed by atoms with Crippen molar-refractivity contribution in [2.24, 2.45) is 0 Å². The molecule has 0 aliphatic carbocycles. The van der Waals surface area contributed by atoms with Crippen molar-refractivity contribution in [2.45, 2.75) is 6.92 Å². The number of aromatic amines is 2. The number of hydrogen-bond acceptors (Lipinski definition) is 4. The maximum atomic E-state index is 10.6. The molecule has 60 valence electrons. The fraction of sp³-hybridized carbons (Fsp3) is 0.400. The third-order valence-corrected chi connectivity index (χ3v) is 1.01. The number of H-pyrrole nitrogens is 2. The lowest BCUT2D eigenvalue weighted by atomic mass is 10.7. The fourth-order valence-corrected chi connectivity index (χ4v) is 0.645. The zero-order chi connectivity index (χ0) is 8.27. The van der Waals surface area contributed by atoms with Crippen molar-refractivity contribution in [3.05, 3.63) is 21.0 Å². The second-order valence-electron chi connectivity index (χ2n) is 1.88. The molecule has 1 rings (SSSR count). The summed E-state index contributed by atoms with van der Waals surface area (Å²) in [7, 11) is 0. The van der Waals surface area contributed by atoms with Gasteiger partial charge in [0.15, 0.2) is 0 Å². The summed E-state index contributed by atoms with van der Waals surface area (Å²) in [6.45, 7) is 2.44. The van der Waals surface area contributed by atoms with E-state index in [4.69, 9.17) is 0 Å². The van der Waals surface area contributed by atoms with Gasteiger partial charge in [-0.3, -0.25) is 9.97 Å². The molecule has 0 unspecified atom stereocenters. The molecular weight excluding hydrogens is 148 g/mol. The summed E-state index contributed by atoms with van der Waals surface area (Å²) in [6, 6.07) is 0. The molecule has 0 radical (unpaired) electrons. The van der Waals surface area contributed by atoms with E-state index in [2.05, 4.69) is 15.3 Å². The van der Waals surface area contributed by atoms with Gasteiger partial charge in [-0.05, 0) is 6.92 Å². The van der Waals surface area contributed by atoms with Crippen LogP contribution in [-0.4, -0.2) is 21.5 Å². The minimum absolute atomic E-state index is 0.196. The summed E-state index contributed by atoms with van der Waals surface area (Å²) in [5.41, 5.74) is -1.20. The van der Waals surface area contributed by atoms with Crippen molar-refractivity contribution in [3.63, 3.8) is 0 Å². The molecule has 0 aliphatic rings. The van der Waals surface area contributed by atoms with E-state index in [1.54, 1.807) is 0 Å². The van der Waals surface area contributed by atoms with Gasteiger partial charge in [-0.2, -0.15) is 4.98 Å². The molecule has 6 nitrogen and oxygen atoms in total. The first-order valence-electron chi connectivity index (χ1n) is 3.17. The van der Waals surface area contributed by atoms with Crippen LogP contribution in [0, 0.1) is 0 Å². The van der Waals surface area contributed by atoms with Crippen LogP contribution in [0.3, 0.4) is 0 Å².